The minimum atomic E-state index is -0.0205. The second-order valence-electron chi connectivity index (χ2n) is 4.35. The van der Waals surface area contributed by atoms with E-state index in [9.17, 15) is 4.79 Å². The van der Waals surface area contributed by atoms with Crippen LogP contribution in [0.1, 0.15) is 26.3 Å². The average molecular weight is 224 g/mol. The lowest BCUT2D eigenvalue weighted by molar-refractivity contribution is -0.122. The first-order valence-electron chi connectivity index (χ1n) is 5.53. The molecule has 1 rings (SSSR count). The first kappa shape index (κ1) is 12.7. The van der Waals surface area contributed by atoms with Crippen LogP contribution < -0.4 is 11.1 Å². The monoisotopic (exact) mass is 224 g/mol. The Morgan fingerprint density at radius 3 is 2.75 bits per heavy atom. The molecule has 1 aromatic rings. The summed E-state index contributed by atoms with van der Waals surface area (Å²) in [5.41, 5.74) is 6.40. The van der Waals surface area contributed by atoms with Crippen LogP contribution in [0.5, 0.6) is 0 Å². The van der Waals surface area contributed by atoms with Crippen LogP contribution in [0.15, 0.2) is 12.4 Å². The molecule has 1 heterocycles. The molecule has 0 saturated carbocycles. The fraction of sp³-hybridized carbons (Fsp3) is 0.636. The Morgan fingerprint density at radius 2 is 2.25 bits per heavy atom. The molecule has 16 heavy (non-hydrogen) atoms. The summed E-state index contributed by atoms with van der Waals surface area (Å²) < 4.78 is 1.60. The molecular formula is C11H20N4O. The minimum absolute atomic E-state index is 0.0205. The van der Waals surface area contributed by atoms with Crippen LogP contribution in [0, 0.1) is 5.92 Å². The number of hydrogen-bond donors (Lipinski definition) is 2. The van der Waals surface area contributed by atoms with E-state index in [0.717, 1.165) is 5.56 Å². The van der Waals surface area contributed by atoms with E-state index >= 15 is 0 Å². The van der Waals surface area contributed by atoms with Gasteiger partial charge < -0.3 is 11.1 Å². The Balaban J connectivity index is 2.45. The molecule has 0 fully saturated rings. The van der Waals surface area contributed by atoms with Gasteiger partial charge in [-0.3, -0.25) is 9.48 Å². The molecule has 1 atom stereocenters. The van der Waals surface area contributed by atoms with Gasteiger partial charge in [0.15, 0.2) is 0 Å². The second kappa shape index (κ2) is 5.65. The molecule has 90 valence electrons. The lowest BCUT2D eigenvalue weighted by Crippen LogP contribution is -2.38. The van der Waals surface area contributed by atoms with Crippen LogP contribution in [0.3, 0.4) is 0 Å². The van der Waals surface area contributed by atoms with Crippen LogP contribution in [-0.2, 0) is 17.9 Å². The Bertz CT molecular complexity index is 346. The average Bonchev–Trinajstić information content (AvgIpc) is 2.65. The van der Waals surface area contributed by atoms with Gasteiger partial charge in [0.2, 0.25) is 5.91 Å². The van der Waals surface area contributed by atoms with Crippen LogP contribution in [0.25, 0.3) is 0 Å². The summed E-state index contributed by atoms with van der Waals surface area (Å²) in [4.78, 5) is 11.6. The molecule has 0 aliphatic carbocycles. The van der Waals surface area contributed by atoms with Gasteiger partial charge in [-0.1, -0.05) is 13.8 Å². The van der Waals surface area contributed by atoms with Crippen molar-refractivity contribution in [2.24, 2.45) is 11.7 Å². The van der Waals surface area contributed by atoms with Gasteiger partial charge in [0, 0.05) is 24.3 Å². The molecule has 0 bridgehead atoms. The Labute approximate surface area is 96.0 Å². The van der Waals surface area contributed by atoms with Gasteiger partial charge in [-0.05, 0) is 12.8 Å². The predicted molar refractivity (Wildman–Crippen MR) is 62.6 cm³/mol. The van der Waals surface area contributed by atoms with Crippen molar-refractivity contribution in [1.82, 2.24) is 15.1 Å². The van der Waals surface area contributed by atoms with E-state index in [4.69, 9.17) is 5.73 Å². The number of aromatic nitrogens is 2. The fourth-order valence-corrected chi connectivity index (χ4v) is 1.21. The predicted octanol–water partition coefficient (Wildman–Crippen LogP) is 0.503. The number of rotatable bonds is 5. The normalized spacial score (nSPS) is 12.8. The molecule has 1 unspecified atom stereocenters. The summed E-state index contributed by atoms with van der Waals surface area (Å²) >= 11 is 0. The first-order chi connectivity index (χ1) is 7.52. The van der Waals surface area contributed by atoms with E-state index in [1.54, 1.807) is 17.1 Å². The van der Waals surface area contributed by atoms with Crippen LogP contribution in [0.2, 0.25) is 0 Å². The molecule has 0 aromatic carbocycles. The zero-order valence-electron chi connectivity index (χ0n) is 10.1. The first-order valence-corrected chi connectivity index (χ1v) is 5.53. The van der Waals surface area contributed by atoms with E-state index in [0.29, 0.717) is 12.5 Å². The minimum Gasteiger partial charge on any atom is -0.352 e. The van der Waals surface area contributed by atoms with E-state index in [-0.39, 0.29) is 18.5 Å². The van der Waals surface area contributed by atoms with Crippen molar-refractivity contribution in [3.05, 3.63) is 18.0 Å². The molecular weight excluding hydrogens is 204 g/mol. The topological polar surface area (TPSA) is 72.9 Å². The Hall–Kier alpha value is -1.36. The highest BCUT2D eigenvalue weighted by atomic mass is 16.2. The number of amides is 1. The standard InChI is InChI=1S/C11H20N4O/c1-8(2)9(3)14-11(16)7-15-6-10(4-12)5-13-15/h5-6,8-9H,4,7,12H2,1-3H3,(H,14,16). The van der Waals surface area contributed by atoms with Crippen molar-refractivity contribution in [3.8, 4) is 0 Å². The van der Waals surface area contributed by atoms with Gasteiger partial charge in [0.25, 0.3) is 0 Å². The summed E-state index contributed by atoms with van der Waals surface area (Å²) in [5, 5.41) is 6.98. The van der Waals surface area contributed by atoms with Gasteiger partial charge in [0.1, 0.15) is 6.54 Å². The molecule has 0 saturated heterocycles. The van der Waals surface area contributed by atoms with Gasteiger partial charge in [-0.2, -0.15) is 5.10 Å². The summed E-state index contributed by atoms with van der Waals surface area (Å²) in [6.07, 6.45) is 3.47. The number of nitrogens with two attached hydrogens (primary N) is 1. The third-order valence-electron chi connectivity index (χ3n) is 2.62. The number of nitrogens with zero attached hydrogens (tertiary/aromatic N) is 2. The highest BCUT2D eigenvalue weighted by molar-refractivity contribution is 5.75. The van der Waals surface area contributed by atoms with E-state index in [1.165, 1.54) is 0 Å². The second-order valence-corrected chi connectivity index (χ2v) is 4.35. The zero-order valence-corrected chi connectivity index (χ0v) is 10.1. The van der Waals surface area contributed by atoms with Crippen molar-refractivity contribution in [3.63, 3.8) is 0 Å². The quantitative estimate of drug-likeness (QED) is 0.765. The summed E-state index contributed by atoms with van der Waals surface area (Å²) in [6, 6.07) is 0.178. The number of carbonyl (C=O) groups is 1. The number of carbonyl (C=O) groups excluding carboxylic acids is 1. The van der Waals surface area contributed by atoms with Gasteiger partial charge >= 0.3 is 0 Å². The highest BCUT2D eigenvalue weighted by Gasteiger charge is 2.11. The molecule has 1 aromatic heterocycles. The third kappa shape index (κ3) is 3.66. The van der Waals surface area contributed by atoms with Gasteiger partial charge in [0.05, 0.1) is 6.20 Å². The lowest BCUT2D eigenvalue weighted by Gasteiger charge is -2.17. The number of hydrogen-bond acceptors (Lipinski definition) is 3. The summed E-state index contributed by atoms with van der Waals surface area (Å²) in [7, 11) is 0. The molecule has 5 nitrogen and oxygen atoms in total. The maximum atomic E-state index is 11.6. The maximum Gasteiger partial charge on any atom is 0.241 e. The molecule has 0 aliphatic heterocycles. The summed E-state index contributed by atoms with van der Waals surface area (Å²) in [5.74, 6) is 0.411. The highest BCUT2D eigenvalue weighted by Crippen LogP contribution is 2.00. The SMILES string of the molecule is CC(C)C(C)NC(=O)Cn1cc(CN)cn1. The van der Waals surface area contributed by atoms with Crippen LogP contribution in [-0.4, -0.2) is 21.7 Å². The molecule has 5 heteroatoms. The lowest BCUT2D eigenvalue weighted by atomic mass is 10.1. The fourth-order valence-electron chi connectivity index (χ4n) is 1.21. The van der Waals surface area contributed by atoms with Gasteiger partial charge in [-0.25, -0.2) is 0 Å². The maximum absolute atomic E-state index is 11.6. The molecule has 3 N–H and O–H groups in total. The molecule has 0 spiro atoms. The van der Waals surface area contributed by atoms with Crippen molar-refractivity contribution < 1.29 is 4.79 Å². The van der Waals surface area contributed by atoms with Crippen molar-refractivity contribution >= 4 is 5.91 Å². The third-order valence-corrected chi connectivity index (χ3v) is 2.62. The molecule has 1 amide bonds. The van der Waals surface area contributed by atoms with Crippen molar-refractivity contribution in [2.45, 2.75) is 39.9 Å². The van der Waals surface area contributed by atoms with E-state index < -0.39 is 0 Å². The molecule has 0 radical (unpaired) electrons. The Kier molecular flexibility index (Phi) is 4.49. The zero-order chi connectivity index (χ0) is 12.1. The Morgan fingerprint density at radius 1 is 1.56 bits per heavy atom. The molecule has 0 aliphatic rings. The van der Waals surface area contributed by atoms with Crippen LogP contribution in [0.4, 0.5) is 0 Å². The number of nitrogens with one attached hydrogen (secondary N) is 1. The summed E-state index contributed by atoms with van der Waals surface area (Å²) in [6.45, 7) is 6.84. The smallest absolute Gasteiger partial charge is 0.241 e. The van der Waals surface area contributed by atoms with Gasteiger partial charge in [-0.15, -0.1) is 0 Å². The van der Waals surface area contributed by atoms with Crippen molar-refractivity contribution in [2.75, 3.05) is 0 Å². The van der Waals surface area contributed by atoms with Crippen molar-refractivity contribution in [1.29, 1.82) is 0 Å². The largest absolute Gasteiger partial charge is 0.352 e. The van der Waals surface area contributed by atoms with E-state index in [2.05, 4.69) is 24.3 Å². The van der Waals surface area contributed by atoms with E-state index in [1.807, 2.05) is 6.92 Å². The van der Waals surface area contributed by atoms with Crippen LogP contribution >= 0.6 is 0 Å².